The van der Waals surface area contributed by atoms with Crippen LogP contribution >= 0.6 is 0 Å². The molecule has 19 nitrogen and oxygen atoms in total. The largest absolute Gasteiger partial charge is 0.497 e. The van der Waals surface area contributed by atoms with E-state index < -0.39 is 29.1 Å². The molecular weight excluding hydrogens is 758 g/mol. The molecule has 2 aliphatic rings. The van der Waals surface area contributed by atoms with E-state index in [1.54, 1.807) is 23.9 Å². The number of alkyl carbamates (subject to hydrolysis) is 1. The average Bonchev–Trinajstić information content (AvgIpc) is 3.66. The van der Waals surface area contributed by atoms with Crippen molar-refractivity contribution in [2.45, 2.75) is 89.4 Å². The first-order chi connectivity index (χ1) is 27.8. The Balaban J connectivity index is 1.30. The number of allylic oxidation sites excluding steroid dienone is 1. The lowest BCUT2D eigenvalue weighted by atomic mass is 9.86. The number of aliphatic carboxylic acids is 1. The zero-order valence-corrected chi connectivity index (χ0v) is 34.3. The molecule has 2 aromatic rings. The number of methoxy groups -OCH3 is 1. The first-order valence-corrected chi connectivity index (χ1v) is 19.7. The van der Waals surface area contributed by atoms with Crippen LogP contribution in [0.5, 0.6) is 0 Å². The molecule has 1 unspecified atom stereocenters. The third-order valence-corrected chi connectivity index (χ3v) is 9.25. The molecule has 2 aromatic heterocycles. The number of rotatable bonds is 26. The van der Waals surface area contributed by atoms with Gasteiger partial charge >= 0.3 is 12.1 Å². The summed E-state index contributed by atoms with van der Waals surface area (Å²) in [6.45, 7) is 10.6. The molecule has 4 rings (SSSR count). The number of nitrogens with zero attached hydrogens (tertiary/aromatic N) is 3. The molecule has 0 saturated heterocycles. The number of hydrogen-bond donors (Lipinski definition) is 5. The number of nitrogens with one attached hydrogen (secondary N) is 3. The van der Waals surface area contributed by atoms with Crippen molar-refractivity contribution in [3.63, 3.8) is 0 Å². The maximum absolute atomic E-state index is 13.0. The van der Waals surface area contributed by atoms with Crippen molar-refractivity contribution in [1.29, 1.82) is 0 Å². The summed E-state index contributed by atoms with van der Waals surface area (Å²) in [5.74, 6) is 0.203. The second kappa shape index (κ2) is 23.0. The summed E-state index contributed by atoms with van der Waals surface area (Å²) in [4.78, 5) is 45.6. The summed E-state index contributed by atoms with van der Waals surface area (Å²) in [7, 11) is 1.58. The zero-order chi connectivity index (χ0) is 42.0. The molecule has 0 aliphatic heterocycles. The van der Waals surface area contributed by atoms with E-state index in [1.807, 2.05) is 39.8 Å². The van der Waals surface area contributed by atoms with Gasteiger partial charge in [-0.3, -0.25) is 9.20 Å². The van der Waals surface area contributed by atoms with Crippen molar-refractivity contribution in [1.82, 2.24) is 19.7 Å². The topological polar surface area (TPSA) is 238 Å². The van der Waals surface area contributed by atoms with E-state index in [4.69, 9.17) is 53.7 Å². The van der Waals surface area contributed by atoms with Gasteiger partial charge in [0, 0.05) is 30.9 Å². The molecule has 19 heteroatoms. The maximum atomic E-state index is 13.0. The van der Waals surface area contributed by atoms with Crippen LogP contribution in [0.2, 0.25) is 0 Å². The third kappa shape index (κ3) is 14.9. The van der Waals surface area contributed by atoms with Crippen LogP contribution in [0.25, 0.3) is 5.65 Å². The maximum Gasteiger partial charge on any atom is 0.407 e. The Morgan fingerprint density at radius 3 is 2.10 bits per heavy atom. The normalized spacial score (nSPS) is 19.5. The molecule has 1 saturated carbocycles. The number of carbonyl (C=O) groups excluding carboxylic acids is 2. The smallest absolute Gasteiger partial charge is 0.407 e. The van der Waals surface area contributed by atoms with Gasteiger partial charge in [-0.05, 0) is 46.1 Å². The molecule has 0 aromatic carbocycles. The van der Waals surface area contributed by atoms with Gasteiger partial charge in [0.15, 0.2) is 5.65 Å². The Morgan fingerprint density at radius 1 is 0.931 bits per heavy atom. The van der Waals surface area contributed by atoms with Gasteiger partial charge in [-0.2, -0.15) is 4.98 Å². The first kappa shape index (κ1) is 46.0. The van der Waals surface area contributed by atoms with E-state index in [2.05, 4.69) is 20.9 Å². The summed E-state index contributed by atoms with van der Waals surface area (Å²) in [5.41, 5.74) is 5.03. The van der Waals surface area contributed by atoms with Crippen molar-refractivity contribution < 1.29 is 57.4 Å². The van der Waals surface area contributed by atoms with Crippen LogP contribution in [0, 0.1) is 0 Å². The molecule has 3 atom stereocenters. The number of carboxylic acid groups (broad SMARTS) is 1. The Morgan fingerprint density at radius 2 is 1.53 bits per heavy atom. The summed E-state index contributed by atoms with van der Waals surface area (Å²) < 4.78 is 46.0. The van der Waals surface area contributed by atoms with Crippen molar-refractivity contribution in [3.05, 3.63) is 41.6 Å². The lowest BCUT2D eigenvalue weighted by molar-refractivity contribution is -0.142. The molecule has 0 spiro atoms. The van der Waals surface area contributed by atoms with E-state index >= 15 is 0 Å². The van der Waals surface area contributed by atoms with E-state index in [1.165, 1.54) is 0 Å². The Bertz CT molecular complexity index is 1690. The Hall–Kier alpha value is -4.69. The number of nitrogens with two attached hydrogens (primary N) is 1. The second-order valence-corrected chi connectivity index (χ2v) is 14.8. The number of carbonyl (C=O) groups is 3. The lowest BCUT2D eigenvalue weighted by Crippen LogP contribution is -2.50. The third-order valence-electron chi connectivity index (χ3n) is 9.25. The van der Waals surface area contributed by atoms with E-state index in [0.29, 0.717) is 88.8 Å². The number of fused-ring (bicyclic) bond motifs is 1. The summed E-state index contributed by atoms with van der Waals surface area (Å²) in [6, 6.07) is -0.385. The molecular formula is C39H61N7O12. The minimum absolute atomic E-state index is 0.133. The fourth-order valence-corrected chi connectivity index (χ4v) is 6.50. The van der Waals surface area contributed by atoms with Gasteiger partial charge in [-0.1, -0.05) is 19.8 Å². The fraction of sp³-hybridized carbons (Fsp3) is 0.667. The highest BCUT2D eigenvalue weighted by molar-refractivity contribution is 6.04. The number of primary amides is 1. The molecule has 1 fully saturated rings. The van der Waals surface area contributed by atoms with Crippen molar-refractivity contribution in [2.75, 3.05) is 90.4 Å². The van der Waals surface area contributed by atoms with Gasteiger partial charge in [0.1, 0.15) is 41.7 Å². The first-order valence-electron chi connectivity index (χ1n) is 19.7. The highest BCUT2D eigenvalue weighted by atomic mass is 16.6. The number of amides is 2. The van der Waals surface area contributed by atoms with E-state index in [9.17, 15) is 14.4 Å². The molecule has 2 amide bonds. The second-order valence-electron chi connectivity index (χ2n) is 14.8. The lowest BCUT2D eigenvalue weighted by Gasteiger charge is -2.36. The van der Waals surface area contributed by atoms with Crippen LogP contribution in [0.3, 0.4) is 0 Å². The molecule has 58 heavy (non-hydrogen) atoms. The van der Waals surface area contributed by atoms with Gasteiger partial charge in [-0.15, -0.1) is 0 Å². The van der Waals surface area contributed by atoms with Gasteiger partial charge in [0.05, 0.1) is 78.2 Å². The Kier molecular flexibility index (Phi) is 18.3. The highest BCUT2D eigenvalue weighted by Gasteiger charge is 2.35. The fourth-order valence-electron chi connectivity index (χ4n) is 6.50. The van der Waals surface area contributed by atoms with Crippen LogP contribution in [0.1, 0.15) is 76.6 Å². The number of anilines is 2. The van der Waals surface area contributed by atoms with Gasteiger partial charge < -0.3 is 64.7 Å². The molecule has 0 radical (unpaired) electrons. The minimum Gasteiger partial charge on any atom is -0.497 e. The summed E-state index contributed by atoms with van der Waals surface area (Å²) in [6.07, 6.45) is 11.0. The predicted octanol–water partition coefficient (Wildman–Crippen LogP) is 3.64. The van der Waals surface area contributed by atoms with Crippen LogP contribution in [-0.2, 0) is 42.7 Å². The van der Waals surface area contributed by atoms with Crippen molar-refractivity contribution in [3.8, 4) is 0 Å². The van der Waals surface area contributed by atoms with Gasteiger partial charge in [0.25, 0.3) is 5.91 Å². The molecule has 2 aliphatic carbocycles. The molecule has 2 heterocycles. The number of imidazole rings is 1. The summed E-state index contributed by atoms with van der Waals surface area (Å²) in [5, 5.41) is 18.6. The number of hydrogen-bond acceptors (Lipinski definition) is 15. The minimum atomic E-state index is -1.02. The Labute approximate surface area is 339 Å². The van der Waals surface area contributed by atoms with E-state index in [-0.39, 0.29) is 43.3 Å². The van der Waals surface area contributed by atoms with Crippen LogP contribution < -0.4 is 21.7 Å². The number of carboxylic acids is 1. The van der Waals surface area contributed by atoms with Crippen LogP contribution in [0.4, 0.5) is 16.6 Å². The quantitative estimate of drug-likeness (QED) is 0.0852. The highest BCUT2D eigenvalue weighted by Crippen LogP contribution is 2.35. The van der Waals surface area contributed by atoms with E-state index in [0.717, 1.165) is 25.7 Å². The van der Waals surface area contributed by atoms with Gasteiger partial charge in [0.2, 0.25) is 5.95 Å². The SMILES string of the molecule is CCC1(Nc2nc(N[C@H]3CCCC[C@H]3NC(=O)OC(C)(C)C)n3ccnc3c2C(N)=O)C=C(OC)C=C(OCCOCCOCCOCCOCCOCC(=O)O)C1. The number of aromatic nitrogens is 3. The monoisotopic (exact) mass is 819 g/mol. The summed E-state index contributed by atoms with van der Waals surface area (Å²) >= 11 is 0. The van der Waals surface area contributed by atoms with Crippen molar-refractivity contribution in [2.24, 2.45) is 5.73 Å². The van der Waals surface area contributed by atoms with Crippen LogP contribution in [-0.4, -0.2) is 140 Å². The molecule has 6 N–H and O–H groups in total. The van der Waals surface area contributed by atoms with Crippen molar-refractivity contribution >= 4 is 35.4 Å². The average molecular weight is 820 g/mol. The zero-order valence-electron chi connectivity index (χ0n) is 34.3. The van der Waals surface area contributed by atoms with Crippen LogP contribution in [0.15, 0.2) is 36.1 Å². The predicted molar refractivity (Wildman–Crippen MR) is 213 cm³/mol. The van der Waals surface area contributed by atoms with Gasteiger partial charge in [-0.25, -0.2) is 14.6 Å². The standard InChI is InChI=1S/C39H61N7O12/c1-6-39(24-27(51-5)23-28(25-39)57-22-21-55-18-17-53-14-13-52-15-16-54-19-20-56-26-31(47)48)45-34-32(33(40)49)35-41-11-12-46(35)36(44-34)42-29-9-7-8-10-30(29)43-37(50)58-38(2,3)4/h11-12,23-24,29-30,45H,6-10,13-22,25-26H2,1-5H3,(H2,40,49)(H,42,44)(H,43,50)(H,47,48)/t29-,30+,39?/m0/s1. The number of ether oxygens (including phenoxy) is 8. The molecule has 324 valence electrons. The molecule has 0 bridgehead atoms.